The lowest BCUT2D eigenvalue weighted by atomic mass is 10.0. The highest BCUT2D eigenvalue weighted by Gasteiger charge is 2.28. The van der Waals surface area contributed by atoms with Crippen molar-refractivity contribution >= 4 is 11.0 Å². The monoisotopic (exact) mass is 244 g/mol. The highest BCUT2D eigenvalue weighted by Crippen LogP contribution is 2.32. The Hall–Kier alpha value is -1.32. The Morgan fingerprint density at radius 1 is 1.44 bits per heavy atom. The Balaban J connectivity index is 1.96. The van der Waals surface area contributed by atoms with Gasteiger partial charge in [-0.15, -0.1) is 0 Å². The van der Waals surface area contributed by atoms with E-state index in [1.807, 2.05) is 18.4 Å². The predicted octanol–water partition coefficient (Wildman–Crippen LogP) is 2.77. The summed E-state index contributed by atoms with van der Waals surface area (Å²) in [5.74, 6) is 0.775. The Labute approximate surface area is 108 Å². The largest absolute Gasteiger partial charge is 0.464 e. The number of nitrogens with two attached hydrogens (primary N) is 1. The maximum absolute atomic E-state index is 6.00. The van der Waals surface area contributed by atoms with Gasteiger partial charge < -0.3 is 10.2 Å². The molecule has 2 aromatic rings. The van der Waals surface area contributed by atoms with Gasteiger partial charge in [-0.05, 0) is 24.9 Å². The van der Waals surface area contributed by atoms with Gasteiger partial charge in [-0.3, -0.25) is 4.90 Å². The molecule has 2 heterocycles. The highest BCUT2D eigenvalue weighted by molar-refractivity contribution is 5.81. The van der Waals surface area contributed by atoms with Crippen molar-refractivity contribution in [3.63, 3.8) is 0 Å². The summed E-state index contributed by atoms with van der Waals surface area (Å²) in [6.07, 6.45) is 3.15. The van der Waals surface area contributed by atoms with E-state index in [2.05, 4.69) is 24.0 Å². The molecular formula is C15H20N2O. The molecule has 0 spiro atoms. The third-order valence-corrected chi connectivity index (χ3v) is 3.99. The number of rotatable bonds is 3. The first-order valence-corrected chi connectivity index (χ1v) is 6.70. The summed E-state index contributed by atoms with van der Waals surface area (Å²) in [5, 5.41) is 1.20. The van der Waals surface area contributed by atoms with Crippen LogP contribution in [0.3, 0.4) is 0 Å². The van der Waals surface area contributed by atoms with Crippen LogP contribution in [0, 0.1) is 5.92 Å². The van der Waals surface area contributed by atoms with Crippen LogP contribution in [0.5, 0.6) is 0 Å². The Kier molecular flexibility index (Phi) is 3.10. The molecule has 3 heteroatoms. The van der Waals surface area contributed by atoms with Crippen LogP contribution >= 0.6 is 0 Å². The van der Waals surface area contributed by atoms with Crippen LogP contribution in [0.1, 0.15) is 24.9 Å². The summed E-state index contributed by atoms with van der Waals surface area (Å²) in [6, 6.07) is 8.49. The topological polar surface area (TPSA) is 42.4 Å². The molecular weight excluding hydrogens is 224 g/mol. The molecule has 0 aliphatic carbocycles. The first-order chi connectivity index (χ1) is 8.79. The van der Waals surface area contributed by atoms with Crippen molar-refractivity contribution < 1.29 is 4.42 Å². The van der Waals surface area contributed by atoms with E-state index in [0.29, 0.717) is 12.6 Å². The maximum Gasteiger partial charge on any atom is 0.134 e. The molecule has 18 heavy (non-hydrogen) atoms. The molecule has 1 fully saturated rings. The first-order valence-electron chi connectivity index (χ1n) is 6.70. The van der Waals surface area contributed by atoms with Crippen molar-refractivity contribution in [1.82, 2.24) is 4.90 Å². The normalized spacial score (nSPS) is 22.7. The van der Waals surface area contributed by atoms with Gasteiger partial charge in [-0.2, -0.15) is 0 Å². The number of likely N-dealkylation sites (tertiary alicyclic amines) is 1. The summed E-state index contributed by atoms with van der Waals surface area (Å²) in [5.41, 5.74) is 8.19. The summed E-state index contributed by atoms with van der Waals surface area (Å²) in [4.78, 5) is 2.49. The number of para-hydroxylation sites is 1. The summed E-state index contributed by atoms with van der Waals surface area (Å²) < 4.78 is 5.64. The van der Waals surface area contributed by atoms with Crippen LogP contribution in [-0.4, -0.2) is 24.5 Å². The van der Waals surface area contributed by atoms with Crippen molar-refractivity contribution in [2.45, 2.75) is 19.4 Å². The third-order valence-electron chi connectivity index (χ3n) is 3.99. The molecule has 1 aromatic heterocycles. The second-order valence-electron chi connectivity index (χ2n) is 5.33. The first kappa shape index (κ1) is 11.8. The average Bonchev–Trinajstić information content (AvgIpc) is 2.98. The molecule has 2 atom stereocenters. The lowest BCUT2D eigenvalue weighted by molar-refractivity contribution is 0.244. The van der Waals surface area contributed by atoms with Crippen molar-refractivity contribution in [1.29, 1.82) is 0 Å². The molecule has 3 nitrogen and oxygen atoms in total. The van der Waals surface area contributed by atoms with Gasteiger partial charge in [0.15, 0.2) is 0 Å². The number of benzene rings is 1. The molecule has 2 unspecified atom stereocenters. The molecule has 2 N–H and O–H groups in total. The second kappa shape index (κ2) is 4.75. The van der Waals surface area contributed by atoms with Crippen LogP contribution in [-0.2, 0) is 0 Å². The quantitative estimate of drug-likeness (QED) is 0.902. The van der Waals surface area contributed by atoms with Crippen molar-refractivity contribution in [2.75, 3.05) is 19.6 Å². The number of hydrogen-bond acceptors (Lipinski definition) is 3. The molecule has 1 aromatic carbocycles. The summed E-state index contributed by atoms with van der Waals surface area (Å²) >= 11 is 0. The van der Waals surface area contributed by atoms with Gasteiger partial charge in [-0.1, -0.05) is 25.1 Å². The van der Waals surface area contributed by atoms with Crippen LogP contribution < -0.4 is 5.73 Å². The van der Waals surface area contributed by atoms with E-state index in [4.69, 9.17) is 10.2 Å². The summed E-state index contributed by atoms with van der Waals surface area (Å²) in [7, 11) is 0. The lowest BCUT2D eigenvalue weighted by Gasteiger charge is -2.25. The fourth-order valence-corrected chi connectivity index (χ4v) is 2.98. The second-order valence-corrected chi connectivity index (χ2v) is 5.33. The molecule has 0 radical (unpaired) electrons. The van der Waals surface area contributed by atoms with Crippen LogP contribution in [0.25, 0.3) is 11.0 Å². The molecule has 0 amide bonds. The molecule has 1 aliphatic rings. The van der Waals surface area contributed by atoms with Crippen LogP contribution in [0.15, 0.2) is 34.9 Å². The zero-order valence-corrected chi connectivity index (χ0v) is 10.8. The van der Waals surface area contributed by atoms with E-state index in [1.165, 1.54) is 17.4 Å². The van der Waals surface area contributed by atoms with E-state index < -0.39 is 0 Å². The van der Waals surface area contributed by atoms with Crippen molar-refractivity contribution in [2.24, 2.45) is 11.7 Å². The Morgan fingerprint density at radius 2 is 2.28 bits per heavy atom. The number of nitrogens with zero attached hydrogens (tertiary/aromatic N) is 1. The van der Waals surface area contributed by atoms with Gasteiger partial charge in [0.1, 0.15) is 5.58 Å². The number of fused-ring (bicyclic) bond motifs is 1. The van der Waals surface area contributed by atoms with E-state index in [1.54, 1.807) is 0 Å². The van der Waals surface area contributed by atoms with Gasteiger partial charge in [0.2, 0.25) is 0 Å². The maximum atomic E-state index is 6.00. The highest BCUT2D eigenvalue weighted by atomic mass is 16.3. The summed E-state index contributed by atoms with van der Waals surface area (Å²) in [6.45, 7) is 5.24. The smallest absolute Gasteiger partial charge is 0.134 e. The Morgan fingerprint density at radius 3 is 3.00 bits per heavy atom. The molecule has 1 aliphatic heterocycles. The fourth-order valence-electron chi connectivity index (χ4n) is 2.98. The lowest BCUT2D eigenvalue weighted by Crippen LogP contribution is -2.31. The number of furan rings is 1. The zero-order valence-electron chi connectivity index (χ0n) is 10.8. The minimum atomic E-state index is 0.290. The van der Waals surface area contributed by atoms with E-state index in [-0.39, 0.29) is 0 Å². The molecule has 96 valence electrons. The van der Waals surface area contributed by atoms with Crippen LogP contribution in [0.4, 0.5) is 0 Å². The van der Waals surface area contributed by atoms with Crippen molar-refractivity contribution in [3.05, 3.63) is 36.1 Å². The third kappa shape index (κ3) is 1.93. The van der Waals surface area contributed by atoms with Crippen LogP contribution in [0.2, 0.25) is 0 Å². The average molecular weight is 244 g/mol. The number of hydrogen-bond donors (Lipinski definition) is 1. The molecule has 0 saturated carbocycles. The molecule has 0 bridgehead atoms. The predicted molar refractivity (Wildman–Crippen MR) is 73.4 cm³/mol. The van der Waals surface area contributed by atoms with Gasteiger partial charge in [0.25, 0.3) is 0 Å². The van der Waals surface area contributed by atoms with Gasteiger partial charge in [0, 0.05) is 24.0 Å². The standard InChI is InChI=1S/C15H20N2O/c1-11-6-7-17(9-11)14(8-16)13-10-18-15-5-3-2-4-12(13)15/h2-5,10-11,14H,6-9,16H2,1H3. The molecule has 3 rings (SSSR count). The Bertz CT molecular complexity index is 534. The minimum Gasteiger partial charge on any atom is -0.464 e. The zero-order chi connectivity index (χ0) is 12.5. The van der Waals surface area contributed by atoms with Gasteiger partial charge >= 0.3 is 0 Å². The van der Waals surface area contributed by atoms with E-state index in [9.17, 15) is 0 Å². The fraction of sp³-hybridized carbons (Fsp3) is 0.467. The minimum absolute atomic E-state index is 0.290. The van der Waals surface area contributed by atoms with E-state index >= 15 is 0 Å². The van der Waals surface area contributed by atoms with Gasteiger partial charge in [-0.25, -0.2) is 0 Å². The molecule has 1 saturated heterocycles. The van der Waals surface area contributed by atoms with E-state index in [0.717, 1.165) is 24.6 Å². The SMILES string of the molecule is CC1CCN(C(CN)c2coc3ccccc23)C1. The van der Waals surface area contributed by atoms with Gasteiger partial charge in [0.05, 0.1) is 12.3 Å². The van der Waals surface area contributed by atoms with Crippen molar-refractivity contribution in [3.8, 4) is 0 Å².